The van der Waals surface area contributed by atoms with Gasteiger partial charge in [0.15, 0.2) is 0 Å². The Labute approximate surface area is 75.1 Å². The Hall–Kier alpha value is -0.560. The van der Waals surface area contributed by atoms with Gasteiger partial charge in [-0.25, -0.2) is 0 Å². The molecule has 0 aliphatic carbocycles. The molecular weight excluding hydrogens is 148 g/mol. The van der Waals surface area contributed by atoms with E-state index >= 15 is 0 Å². The summed E-state index contributed by atoms with van der Waals surface area (Å²) in [6.45, 7) is 10.4. The molecular formula is C11H18O. The van der Waals surface area contributed by atoms with Gasteiger partial charge in [-0.2, -0.15) is 0 Å². The minimum absolute atomic E-state index is 0.270. The Balaban J connectivity index is 2.56. The van der Waals surface area contributed by atoms with Crippen LogP contribution in [0, 0.1) is 5.92 Å². The minimum atomic E-state index is 0.270. The predicted molar refractivity (Wildman–Crippen MR) is 52.1 cm³/mol. The highest BCUT2D eigenvalue weighted by atomic mass is 16.5. The number of rotatable bonds is 2. The fourth-order valence-electron chi connectivity index (χ4n) is 1.66. The Bertz CT molecular complexity index is 191. The van der Waals surface area contributed by atoms with Crippen LogP contribution in [-0.4, -0.2) is 12.2 Å². The fourth-order valence-corrected chi connectivity index (χ4v) is 1.66. The number of hydrogen-bond acceptors (Lipinski definition) is 1. The molecule has 0 spiro atoms. The van der Waals surface area contributed by atoms with Gasteiger partial charge >= 0.3 is 0 Å². The van der Waals surface area contributed by atoms with Crippen LogP contribution in [0.3, 0.4) is 0 Å². The summed E-state index contributed by atoms with van der Waals surface area (Å²) in [6, 6.07) is 0. The van der Waals surface area contributed by atoms with Gasteiger partial charge in [0.25, 0.3) is 0 Å². The van der Waals surface area contributed by atoms with E-state index in [4.69, 9.17) is 4.74 Å². The van der Waals surface area contributed by atoms with Gasteiger partial charge in [-0.05, 0) is 18.4 Å². The zero-order chi connectivity index (χ0) is 9.14. The molecule has 0 aromatic rings. The molecule has 1 heteroatoms. The maximum atomic E-state index is 5.79. The van der Waals surface area contributed by atoms with E-state index < -0.39 is 0 Å². The van der Waals surface area contributed by atoms with E-state index in [1.54, 1.807) is 0 Å². The highest BCUT2D eigenvalue weighted by molar-refractivity contribution is 5.13. The van der Waals surface area contributed by atoms with E-state index in [-0.39, 0.29) is 12.2 Å². The molecule has 0 unspecified atom stereocenters. The van der Waals surface area contributed by atoms with Gasteiger partial charge in [-0.3, -0.25) is 0 Å². The molecule has 68 valence electrons. The molecule has 1 rings (SSSR count). The highest BCUT2D eigenvalue weighted by Crippen LogP contribution is 2.29. The first-order valence-corrected chi connectivity index (χ1v) is 4.61. The largest absolute Gasteiger partial charge is 0.366 e. The van der Waals surface area contributed by atoms with Crippen LogP contribution in [0.25, 0.3) is 0 Å². The van der Waals surface area contributed by atoms with Crippen LogP contribution in [0.2, 0.25) is 0 Å². The summed E-state index contributed by atoms with van der Waals surface area (Å²) in [6.07, 6.45) is 5.68. The minimum Gasteiger partial charge on any atom is -0.366 e. The molecule has 0 radical (unpaired) electrons. The van der Waals surface area contributed by atoms with Crippen LogP contribution in [-0.2, 0) is 4.74 Å². The number of ether oxygens (including phenoxy) is 1. The monoisotopic (exact) mass is 166 g/mol. The standard InChI is InChI=1S/C11H18O/c1-5-6-10-7-9(4)11(12-10)8(2)3/h5-6,8,10-11H,4,7H2,1-3H3/b6-5+/t10-,11-/m0/s1. The van der Waals surface area contributed by atoms with Crippen LogP contribution >= 0.6 is 0 Å². The molecule has 0 saturated carbocycles. The van der Waals surface area contributed by atoms with Gasteiger partial charge in [0, 0.05) is 6.42 Å². The number of hydrogen-bond donors (Lipinski definition) is 0. The first-order valence-electron chi connectivity index (χ1n) is 4.61. The molecule has 0 N–H and O–H groups in total. The van der Waals surface area contributed by atoms with Crippen molar-refractivity contribution in [2.24, 2.45) is 5.92 Å². The van der Waals surface area contributed by atoms with Crippen molar-refractivity contribution in [3.05, 3.63) is 24.3 Å². The molecule has 0 bridgehead atoms. The van der Waals surface area contributed by atoms with Crippen LogP contribution in [0.1, 0.15) is 27.2 Å². The first-order chi connectivity index (χ1) is 5.65. The van der Waals surface area contributed by atoms with Gasteiger partial charge in [0.05, 0.1) is 12.2 Å². The Morgan fingerprint density at radius 3 is 2.67 bits per heavy atom. The molecule has 12 heavy (non-hydrogen) atoms. The van der Waals surface area contributed by atoms with Gasteiger partial charge < -0.3 is 4.74 Å². The molecule has 1 saturated heterocycles. The normalized spacial score (nSPS) is 30.8. The summed E-state index contributed by atoms with van der Waals surface area (Å²) in [4.78, 5) is 0. The van der Waals surface area contributed by atoms with Crippen LogP contribution in [0.4, 0.5) is 0 Å². The van der Waals surface area contributed by atoms with Gasteiger partial charge in [-0.1, -0.05) is 32.6 Å². The van der Waals surface area contributed by atoms with Crippen LogP contribution < -0.4 is 0 Å². The third-order valence-electron chi connectivity index (χ3n) is 2.20. The summed E-state index contributed by atoms with van der Waals surface area (Å²) in [5.74, 6) is 0.549. The molecule has 1 heterocycles. The molecule has 0 aromatic heterocycles. The first kappa shape index (κ1) is 9.53. The van der Waals surface area contributed by atoms with Crippen molar-refractivity contribution in [2.45, 2.75) is 39.4 Å². The second kappa shape index (κ2) is 3.90. The molecule has 2 atom stereocenters. The maximum Gasteiger partial charge on any atom is 0.0814 e. The van der Waals surface area contributed by atoms with Crippen molar-refractivity contribution >= 4 is 0 Å². The van der Waals surface area contributed by atoms with Crippen molar-refractivity contribution in [1.82, 2.24) is 0 Å². The third kappa shape index (κ3) is 1.98. The fraction of sp³-hybridized carbons (Fsp3) is 0.636. The molecule has 1 nitrogen and oxygen atoms in total. The summed E-state index contributed by atoms with van der Waals surface area (Å²) >= 11 is 0. The molecule has 1 fully saturated rings. The topological polar surface area (TPSA) is 9.23 Å². The second-order valence-corrected chi connectivity index (χ2v) is 3.73. The Morgan fingerprint density at radius 1 is 1.58 bits per heavy atom. The van der Waals surface area contributed by atoms with Crippen molar-refractivity contribution in [3.63, 3.8) is 0 Å². The van der Waals surface area contributed by atoms with E-state index in [2.05, 4.69) is 26.5 Å². The molecule has 0 amide bonds. The summed E-state index contributed by atoms with van der Waals surface area (Å²) in [7, 11) is 0. The quantitative estimate of drug-likeness (QED) is 0.573. The van der Waals surface area contributed by atoms with Gasteiger partial charge in [0.1, 0.15) is 0 Å². The SMILES string of the molecule is C=C1C[C@H](/C=C/C)O[C@H]1C(C)C. The molecule has 1 aliphatic rings. The lowest BCUT2D eigenvalue weighted by molar-refractivity contribution is 0.0530. The lowest BCUT2D eigenvalue weighted by Gasteiger charge is -2.15. The average Bonchev–Trinajstić information content (AvgIpc) is 2.32. The Morgan fingerprint density at radius 2 is 2.25 bits per heavy atom. The van der Waals surface area contributed by atoms with E-state index in [9.17, 15) is 0 Å². The van der Waals surface area contributed by atoms with Gasteiger partial charge in [-0.15, -0.1) is 0 Å². The lowest BCUT2D eigenvalue weighted by atomic mass is 10.00. The average molecular weight is 166 g/mol. The lowest BCUT2D eigenvalue weighted by Crippen LogP contribution is -2.16. The van der Waals surface area contributed by atoms with E-state index in [1.165, 1.54) is 5.57 Å². The highest BCUT2D eigenvalue weighted by Gasteiger charge is 2.28. The van der Waals surface area contributed by atoms with E-state index in [1.807, 2.05) is 13.0 Å². The van der Waals surface area contributed by atoms with E-state index in [0.29, 0.717) is 5.92 Å². The number of allylic oxidation sites excluding steroid dienone is 1. The summed E-state index contributed by atoms with van der Waals surface area (Å²) in [5.41, 5.74) is 1.24. The summed E-state index contributed by atoms with van der Waals surface area (Å²) in [5, 5.41) is 0. The van der Waals surface area contributed by atoms with Crippen LogP contribution in [0.15, 0.2) is 24.3 Å². The van der Waals surface area contributed by atoms with E-state index in [0.717, 1.165) is 6.42 Å². The molecule has 0 aromatic carbocycles. The zero-order valence-electron chi connectivity index (χ0n) is 8.21. The summed E-state index contributed by atoms with van der Waals surface area (Å²) < 4.78 is 5.79. The van der Waals surface area contributed by atoms with Crippen LogP contribution in [0.5, 0.6) is 0 Å². The zero-order valence-corrected chi connectivity index (χ0v) is 8.21. The molecule has 1 aliphatic heterocycles. The van der Waals surface area contributed by atoms with Crippen molar-refractivity contribution in [3.8, 4) is 0 Å². The predicted octanol–water partition coefficient (Wildman–Crippen LogP) is 2.93. The maximum absolute atomic E-state index is 5.79. The Kier molecular flexibility index (Phi) is 3.10. The van der Waals surface area contributed by atoms with Crippen molar-refractivity contribution < 1.29 is 4.74 Å². The van der Waals surface area contributed by atoms with Crippen molar-refractivity contribution in [2.75, 3.05) is 0 Å². The van der Waals surface area contributed by atoms with Crippen molar-refractivity contribution in [1.29, 1.82) is 0 Å². The smallest absolute Gasteiger partial charge is 0.0814 e. The second-order valence-electron chi connectivity index (χ2n) is 3.73. The third-order valence-corrected chi connectivity index (χ3v) is 2.20. The van der Waals surface area contributed by atoms with Gasteiger partial charge in [0.2, 0.25) is 0 Å².